The highest BCUT2D eigenvalue weighted by Crippen LogP contribution is 2.28. The fourth-order valence-electron chi connectivity index (χ4n) is 3.67. The van der Waals surface area contributed by atoms with Crippen molar-refractivity contribution in [3.05, 3.63) is 0 Å². The first-order valence-corrected chi connectivity index (χ1v) is 9.17. The number of rotatable bonds is 10. The first-order valence-electron chi connectivity index (χ1n) is 9.17. The Balaban J connectivity index is 2.09. The van der Waals surface area contributed by atoms with Gasteiger partial charge in [0.05, 0.1) is 0 Å². The number of hydrogen-bond donors (Lipinski definition) is 1. The van der Waals surface area contributed by atoms with Gasteiger partial charge in [-0.05, 0) is 71.0 Å². The van der Waals surface area contributed by atoms with Crippen molar-refractivity contribution < 1.29 is 0 Å². The third-order valence-corrected chi connectivity index (χ3v) is 5.07. The van der Waals surface area contributed by atoms with E-state index in [0.717, 1.165) is 12.0 Å². The van der Waals surface area contributed by atoms with E-state index in [1.54, 1.807) is 0 Å². The van der Waals surface area contributed by atoms with E-state index < -0.39 is 0 Å². The van der Waals surface area contributed by atoms with E-state index >= 15 is 0 Å². The van der Waals surface area contributed by atoms with E-state index in [1.165, 1.54) is 71.0 Å². The lowest BCUT2D eigenvalue weighted by atomic mass is 9.83. The molecule has 120 valence electrons. The molecule has 0 bridgehead atoms. The molecule has 1 rings (SSSR count). The van der Waals surface area contributed by atoms with E-state index in [2.05, 4.69) is 37.9 Å². The predicted molar refractivity (Wildman–Crippen MR) is 90.3 cm³/mol. The second-order valence-electron chi connectivity index (χ2n) is 6.74. The highest BCUT2D eigenvalue weighted by Gasteiger charge is 2.21. The summed E-state index contributed by atoms with van der Waals surface area (Å²) in [7, 11) is 0. The molecular weight excluding hydrogens is 244 g/mol. The molecule has 0 aromatic carbocycles. The molecule has 0 saturated heterocycles. The fourth-order valence-corrected chi connectivity index (χ4v) is 3.67. The summed E-state index contributed by atoms with van der Waals surface area (Å²) in [5.74, 6) is 1.02. The van der Waals surface area contributed by atoms with Gasteiger partial charge in [0.1, 0.15) is 0 Å². The third-order valence-electron chi connectivity index (χ3n) is 5.07. The molecule has 0 amide bonds. The van der Waals surface area contributed by atoms with Crippen LogP contribution in [-0.4, -0.2) is 36.6 Å². The SMILES string of the molecule is CCCC1CCC(NC(C)CCCN(CC)CC)CC1. The quantitative estimate of drug-likeness (QED) is 0.637. The third kappa shape index (κ3) is 7.08. The van der Waals surface area contributed by atoms with Crippen molar-refractivity contribution in [1.29, 1.82) is 0 Å². The van der Waals surface area contributed by atoms with Crippen LogP contribution in [0, 0.1) is 5.92 Å². The van der Waals surface area contributed by atoms with Crippen LogP contribution >= 0.6 is 0 Å². The minimum Gasteiger partial charge on any atom is -0.312 e. The lowest BCUT2D eigenvalue weighted by Gasteiger charge is -2.31. The second-order valence-corrected chi connectivity index (χ2v) is 6.74. The molecule has 2 nitrogen and oxygen atoms in total. The van der Waals surface area contributed by atoms with Gasteiger partial charge >= 0.3 is 0 Å². The fraction of sp³-hybridized carbons (Fsp3) is 1.00. The topological polar surface area (TPSA) is 15.3 Å². The second kappa shape index (κ2) is 10.6. The summed E-state index contributed by atoms with van der Waals surface area (Å²) in [5, 5.41) is 3.87. The van der Waals surface area contributed by atoms with Crippen LogP contribution in [0.3, 0.4) is 0 Å². The Labute approximate surface area is 127 Å². The Morgan fingerprint density at radius 1 is 1.05 bits per heavy atom. The molecule has 1 N–H and O–H groups in total. The molecule has 1 fully saturated rings. The van der Waals surface area contributed by atoms with Crippen LogP contribution in [0.1, 0.15) is 79.1 Å². The molecule has 1 aliphatic carbocycles. The average molecular weight is 283 g/mol. The van der Waals surface area contributed by atoms with Crippen LogP contribution in [0.4, 0.5) is 0 Å². The maximum atomic E-state index is 3.87. The molecule has 0 radical (unpaired) electrons. The number of nitrogens with zero attached hydrogens (tertiary/aromatic N) is 1. The van der Waals surface area contributed by atoms with Crippen LogP contribution in [0.2, 0.25) is 0 Å². The zero-order chi connectivity index (χ0) is 14.8. The van der Waals surface area contributed by atoms with Gasteiger partial charge in [-0.15, -0.1) is 0 Å². The van der Waals surface area contributed by atoms with E-state index in [-0.39, 0.29) is 0 Å². The lowest BCUT2D eigenvalue weighted by Crippen LogP contribution is -2.39. The van der Waals surface area contributed by atoms with Crippen LogP contribution in [-0.2, 0) is 0 Å². The minimum absolute atomic E-state index is 0.693. The van der Waals surface area contributed by atoms with Gasteiger partial charge in [0.15, 0.2) is 0 Å². The standard InChI is InChI=1S/C18H38N2/c1-5-9-17-11-13-18(14-12-17)19-16(4)10-8-15-20(6-2)7-3/h16-19H,5-15H2,1-4H3. The number of hydrogen-bond acceptors (Lipinski definition) is 2. The van der Waals surface area contributed by atoms with E-state index in [9.17, 15) is 0 Å². The highest BCUT2D eigenvalue weighted by molar-refractivity contribution is 4.79. The summed E-state index contributed by atoms with van der Waals surface area (Å²) in [5.41, 5.74) is 0. The predicted octanol–water partition coefficient (Wildman–Crippen LogP) is 4.45. The molecule has 0 aliphatic heterocycles. The zero-order valence-corrected chi connectivity index (χ0v) is 14.5. The van der Waals surface area contributed by atoms with Gasteiger partial charge < -0.3 is 10.2 Å². The van der Waals surface area contributed by atoms with E-state index in [4.69, 9.17) is 0 Å². The summed E-state index contributed by atoms with van der Waals surface area (Å²) < 4.78 is 0. The zero-order valence-electron chi connectivity index (χ0n) is 14.5. The van der Waals surface area contributed by atoms with Gasteiger partial charge in [0.25, 0.3) is 0 Å². The Morgan fingerprint density at radius 3 is 2.25 bits per heavy atom. The van der Waals surface area contributed by atoms with Crippen molar-refractivity contribution in [2.75, 3.05) is 19.6 Å². The van der Waals surface area contributed by atoms with Crippen LogP contribution in [0.15, 0.2) is 0 Å². The van der Waals surface area contributed by atoms with Gasteiger partial charge in [-0.2, -0.15) is 0 Å². The molecule has 1 unspecified atom stereocenters. The van der Waals surface area contributed by atoms with Gasteiger partial charge in [-0.1, -0.05) is 33.6 Å². The lowest BCUT2D eigenvalue weighted by molar-refractivity contribution is 0.253. The van der Waals surface area contributed by atoms with Crippen molar-refractivity contribution >= 4 is 0 Å². The maximum Gasteiger partial charge on any atom is 0.00697 e. The first-order chi connectivity index (χ1) is 9.69. The molecule has 1 aliphatic rings. The summed E-state index contributed by atoms with van der Waals surface area (Å²) in [6.45, 7) is 12.9. The average Bonchev–Trinajstić information content (AvgIpc) is 2.46. The largest absolute Gasteiger partial charge is 0.312 e. The molecule has 1 atom stereocenters. The Bertz CT molecular complexity index is 217. The molecule has 0 aromatic rings. The summed E-state index contributed by atoms with van der Waals surface area (Å²) in [4.78, 5) is 2.53. The van der Waals surface area contributed by atoms with Gasteiger partial charge in [0, 0.05) is 12.1 Å². The molecule has 20 heavy (non-hydrogen) atoms. The normalized spacial score (nSPS) is 25.1. The van der Waals surface area contributed by atoms with Crippen molar-refractivity contribution in [2.45, 2.75) is 91.1 Å². The molecule has 1 saturated carbocycles. The molecule has 0 spiro atoms. The maximum absolute atomic E-state index is 3.87. The molecule has 0 aromatic heterocycles. The van der Waals surface area contributed by atoms with Crippen molar-refractivity contribution in [3.63, 3.8) is 0 Å². The smallest absolute Gasteiger partial charge is 0.00697 e. The molecule has 0 heterocycles. The highest BCUT2D eigenvalue weighted by atomic mass is 15.1. The van der Waals surface area contributed by atoms with Crippen molar-refractivity contribution in [3.8, 4) is 0 Å². The van der Waals surface area contributed by atoms with E-state index in [0.29, 0.717) is 6.04 Å². The Kier molecular flexibility index (Phi) is 9.54. The summed E-state index contributed by atoms with van der Waals surface area (Å²) in [6, 6.07) is 1.49. The molecular formula is C18H38N2. The number of nitrogens with one attached hydrogen (secondary N) is 1. The summed E-state index contributed by atoms with van der Waals surface area (Å²) in [6.07, 6.45) is 11.2. The first kappa shape index (κ1) is 18.0. The van der Waals surface area contributed by atoms with E-state index in [1.807, 2.05) is 0 Å². The molecule has 2 heteroatoms. The van der Waals surface area contributed by atoms with Crippen molar-refractivity contribution in [2.24, 2.45) is 5.92 Å². The van der Waals surface area contributed by atoms with Gasteiger partial charge in [-0.25, -0.2) is 0 Å². The monoisotopic (exact) mass is 282 g/mol. The van der Waals surface area contributed by atoms with Crippen LogP contribution in [0.5, 0.6) is 0 Å². The summed E-state index contributed by atoms with van der Waals surface area (Å²) >= 11 is 0. The van der Waals surface area contributed by atoms with Crippen molar-refractivity contribution in [1.82, 2.24) is 10.2 Å². The van der Waals surface area contributed by atoms with Gasteiger partial charge in [-0.3, -0.25) is 0 Å². The van der Waals surface area contributed by atoms with Crippen LogP contribution in [0.25, 0.3) is 0 Å². The Morgan fingerprint density at radius 2 is 1.70 bits per heavy atom. The Hall–Kier alpha value is -0.0800. The van der Waals surface area contributed by atoms with Crippen LogP contribution < -0.4 is 5.32 Å². The van der Waals surface area contributed by atoms with Gasteiger partial charge in [0.2, 0.25) is 0 Å². The minimum atomic E-state index is 0.693.